The third-order valence-electron chi connectivity index (χ3n) is 3.64. The number of nitrogens with two attached hydrogens (primary N) is 1. The number of halogens is 1. The zero-order chi connectivity index (χ0) is 14.0. The van der Waals surface area contributed by atoms with Gasteiger partial charge in [0, 0.05) is 0 Å². The summed E-state index contributed by atoms with van der Waals surface area (Å²) in [6, 6.07) is 11.1. The van der Waals surface area contributed by atoms with Crippen LogP contribution in [0.2, 0.25) is 0 Å². The first-order valence-electron chi connectivity index (χ1n) is 6.33. The van der Waals surface area contributed by atoms with Crippen LogP contribution >= 0.6 is 0 Å². The van der Waals surface area contributed by atoms with Crippen molar-refractivity contribution in [3.05, 3.63) is 70.0 Å². The summed E-state index contributed by atoms with van der Waals surface area (Å²) in [7, 11) is 0. The maximum Gasteiger partial charge on any atom is 0.126 e. The Hall–Kier alpha value is -1.71. The van der Waals surface area contributed by atoms with Gasteiger partial charge in [0.25, 0.3) is 0 Å². The van der Waals surface area contributed by atoms with Crippen molar-refractivity contribution in [2.45, 2.75) is 26.8 Å². The molecule has 0 aliphatic rings. The molecule has 0 aliphatic heterocycles. The van der Waals surface area contributed by atoms with E-state index in [-0.39, 0.29) is 11.9 Å². The summed E-state index contributed by atoms with van der Waals surface area (Å²) in [5, 5.41) is 0. The standard InChI is InChI=1S/C16H19FN2/c1-10-5-4-6-14(12(10)3)16(19-18)13-7-8-15(17)11(2)9-13/h4-9,16,19H,18H2,1-3H3. The van der Waals surface area contributed by atoms with Gasteiger partial charge in [-0.2, -0.15) is 0 Å². The number of aryl methyl sites for hydroxylation is 2. The molecule has 0 aliphatic carbocycles. The quantitative estimate of drug-likeness (QED) is 0.655. The predicted molar refractivity (Wildman–Crippen MR) is 76.2 cm³/mol. The Labute approximate surface area is 113 Å². The smallest absolute Gasteiger partial charge is 0.126 e. The Bertz CT molecular complexity index is 593. The van der Waals surface area contributed by atoms with Gasteiger partial charge in [-0.05, 0) is 54.7 Å². The van der Waals surface area contributed by atoms with Crippen molar-refractivity contribution in [3.8, 4) is 0 Å². The molecule has 2 nitrogen and oxygen atoms in total. The Morgan fingerprint density at radius 2 is 1.79 bits per heavy atom. The van der Waals surface area contributed by atoms with E-state index in [0.29, 0.717) is 5.56 Å². The summed E-state index contributed by atoms with van der Waals surface area (Å²) in [6.45, 7) is 5.91. The molecule has 0 heterocycles. The zero-order valence-corrected chi connectivity index (χ0v) is 11.5. The summed E-state index contributed by atoms with van der Waals surface area (Å²) in [5.74, 6) is 5.51. The van der Waals surface area contributed by atoms with Crippen molar-refractivity contribution in [2.24, 2.45) is 5.84 Å². The Morgan fingerprint density at radius 3 is 2.42 bits per heavy atom. The summed E-state index contributed by atoms with van der Waals surface area (Å²) >= 11 is 0. The topological polar surface area (TPSA) is 38.0 Å². The molecule has 1 unspecified atom stereocenters. The largest absolute Gasteiger partial charge is 0.271 e. The molecule has 0 saturated heterocycles. The predicted octanol–water partition coefficient (Wildman–Crippen LogP) is 3.30. The number of hydrogen-bond acceptors (Lipinski definition) is 2. The molecule has 0 saturated carbocycles. The maximum absolute atomic E-state index is 13.4. The zero-order valence-electron chi connectivity index (χ0n) is 11.5. The van der Waals surface area contributed by atoms with Crippen molar-refractivity contribution in [2.75, 3.05) is 0 Å². The lowest BCUT2D eigenvalue weighted by Crippen LogP contribution is -2.29. The van der Waals surface area contributed by atoms with Gasteiger partial charge in [-0.15, -0.1) is 0 Å². The van der Waals surface area contributed by atoms with Gasteiger partial charge in [0.05, 0.1) is 6.04 Å². The van der Waals surface area contributed by atoms with Crippen LogP contribution in [0.5, 0.6) is 0 Å². The second kappa shape index (κ2) is 5.51. The van der Waals surface area contributed by atoms with Gasteiger partial charge in [0.15, 0.2) is 0 Å². The molecular formula is C16H19FN2. The molecule has 0 bridgehead atoms. The molecule has 100 valence electrons. The maximum atomic E-state index is 13.4. The molecule has 0 amide bonds. The van der Waals surface area contributed by atoms with Crippen LogP contribution in [-0.2, 0) is 0 Å². The fraction of sp³-hybridized carbons (Fsp3) is 0.250. The Morgan fingerprint density at radius 1 is 1.05 bits per heavy atom. The van der Waals surface area contributed by atoms with Gasteiger partial charge < -0.3 is 0 Å². The number of hydrogen-bond donors (Lipinski definition) is 2. The van der Waals surface area contributed by atoms with Crippen molar-refractivity contribution in [3.63, 3.8) is 0 Å². The molecule has 19 heavy (non-hydrogen) atoms. The highest BCUT2D eigenvalue weighted by Gasteiger charge is 2.16. The monoisotopic (exact) mass is 258 g/mol. The molecule has 1 atom stereocenters. The summed E-state index contributed by atoms with van der Waals surface area (Å²) < 4.78 is 13.4. The SMILES string of the molecule is Cc1cc(C(NN)c2cccc(C)c2C)ccc1F. The molecule has 2 aromatic rings. The number of nitrogens with one attached hydrogen (secondary N) is 1. The van der Waals surface area contributed by atoms with Crippen molar-refractivity contribution >= 4 is 0 Å². The molecule has 0 fully saturated rings. The highest BCUT2D eigenvalue weighted by molar-refractivity contribution is 5.41. The first-order valence-corrected chi connectivity index (χ1v) is 6.33. The minimum atomic E-state index is -0.194. The molecular weight excluding hydrogens is 239 g/mol. The van der Waals surface area contributed by atoms with Gasteiger partial charge in [-0.1, -0.05) is 30.3 Å². The van der Waals surface area contributed by atoms with Gasteiger partial charge in [0.2, 0.25) is 0 Å². The van der Waals surface area contributed by atoms with E-state index in [9.17, 15) is 4.39 Å². The van der Waals surface area contributed by atoms with Crippen molar-refractivity contribution in [1.82, 2.24) is 5.43 Å². The van der Waals surface area contributed by atoms with E-state index >= 15 is 0 Å². The van der Waals surface area contributed by atoms with Crippen LogP contribution < -0.4 is 11.3 Å². The van der Waals surface area contributed by atoms with Gasteiger partial charge in [-0.25, -0.2) is 9.82 Å². The number of benzene rings is 2. The Kier molecular flexibility index (Phi) is 3.98. The van der Waals surface area contributed by atoms with E-state index in [1.54, 1.807) is 13.0 Å². The lowest BCUT2D eigenvalue weighted by atomic mass is 9.92. The summed E-state index contributed by atoms with van der Waals surface area (Å²) in [6.07, 6.45) is 0. The molecule has 0 spiro atoms. The average Bonchev–Trinajstić information content (AvgIpc) is 2.39. The minimum Gasteiger partial charge on any atom is -0.271 e. The van der Waals surface area contributed by atoms with Crippen LogP contribution in [-0.4, -0.2) is 0 Å². The van der Waals surface area contributed by atoms with E-state index in [0.717, 1.165) is 11.1 Å². The van der Waals surface area contributed by atoms with E-state index in [4.69, 9.17) is 5.84 Å². The van der Waals surface area contributed by atoms with Crippen LogP contribution in [0.25, 0.3) is 0 Å². The molecule has 3 N–H and O–H groups in total. The first kappa shape index (κ1) is 13.7. The van der Waals surface area contributed by atoms with E-state index in [2.05, 4.69) is 25.3 Å². The van der Waals surface area contributed by atoms with Gasteiger partial charge >= 0.3 is 0 Å². The van der Waals surface area contributed by atoms with Crippen molar-refractivity contribution in [1.29, 1.82) is 0 Å². The van der Waals surface area contributed by atoms with Gasteiger partial charge in [0.1, 0.15) is 5.82 Å². The third kappa shape index (κ3) is 2.67. The van der Waals surface area contributed by atoms with E-state index < -0.39 is 0 Å². The van der Waals surface area contributed by atoms with Crippen LogP contribution in [0.1, 0.15) is 33.9 Å². The lowest BCUT2D eigenvalue weighted by molar-refractivity contribution is 0.606. The summed E-state index contributed by atoms with van der Waals surface area (Å²) in [4.78, 5) is 0. The first-order chi connectivity index (χ1) is 9.04. The lowest BCUT2D eigenvalue weighted by Gasteiger charge is -2.20. The molecule has 2 aromatic carbocycles. The van der Waals surface area contributed by atoms with E-state index in [1.165, 1.54) is 17.2 Å². The van der Waals surface area contributed by atoms with Crippen LogP contribution in [0.4, 0.5) is 4.39 Å². The molecule has 2 rings (SSSR count). The van der Waals surface area contributed by atoms with Crippen molar-refractivity contribution < 1.29 is 4.39 Å². The van der Waals surface area contributed by atoms with E-state index in [1.807, 2.05) is 18.2 Å². The highest BCUT2D eigenvalue weighted by Crippen LogP contribution is 2.27. The second-order valence-electron chi connectivity index (χ2n) is 4.90. The normalized spacial score (nSPS) is 12.5. The number of rotatable bonds is 3. The fourth-order valence-corrected chi connectivity index (χ4v) is 2.30. The average molecular weight is 258 g/mol. The van der Waals surface area contributed by atoms with Crippen LogP contribution in [0, 0.1) is 26.6 Å². The summed E-state index contributed by atoms with van der Waals surface area (Å²) in [5.41, 5.74) is 7.96. The second-order valence-corrected chi connectivity index (χ2v) is 4.90. The third-order valence-corrected chi connectivity index (χ3v) is 3.64. The highest BCUT2D eigenvalue weighted by atomic mass is 19.1. The minimum absolute atomic E-state index is 0.126. The van der Waals surface area contributed by atoms with Crippen LogP contribution in [0.15, 0.2) is 36.4 Å². The molecule has 0 radical (unpaired) electrons. The number of hydrazine groups is 1. The Balaban J connectivity index is 2.50. The molecule has 0 aromatic heterocycles. The van der Waals surface area contributed by atoms with Crippen LogP contribution in [0.3, 0.4) is 0 Å². The molecule has 3 heteroatoms. The fourth-order valence-electron chi connectivity index (χ4n) is 2.30. The van der Waals surface area contributed by atoms with Gasteiger partial charge in [-0.3, -0.25) is 5.84 Å².